The maximum atomic E-state index is 5.96. The number of nitrogens with zero attached hydrogens (tertiary/aromatic N) is 1. The number of hydrogen-bond acceptors (Lipinski definition) is 2. The Morgan fingerprint density at radius 1 is 1.47 bits per heavy atom. The minimum atomic E-state index is 0.425. The molecular formula is C15H27N3O. The summed E-state index contributed by atoms with van der Waals surface area (Å²) >= 11 is 0. The van der Waals surface area contributed by atoms with Gasteiger partial charge >= 0.3 is 0 Å². The van der Waals surface area contributed by atoms with Crippen molar-refractivity contribution in [2.24, 2.45) is 16.3 Å². The number of aliphatic imine (C=N–C) groups is 1. The van der Waals surface area contributed by atoms with Crippen LogP contribution in [0.2, 0.25) is 0 Å². The van der Waals surface area contributed by atoms with E-state index in [1.807, 2.05) is 7.05 Å². The molecule has 0 aromatic carbocycles. The van der Waals surface area contributed by atoms with Crippen LogP contribution in [-0.4, -0.2) is 37.8 Å². The minimum absolute atomic E-state index is 0.425. The second kappa shape index (κ2) is 4.97. The monoisotopic (exact) mass is 265 g/mol. The molecule has 0 bridgehead atoms. The van der Waals surface area contributed by atoms with Gasteiger partial charge in [0.05, 0.1) is 6.10 Å². The first-order valence-electron chi connectivity index (χ1n) is 7.82. The highest BCUT2D eigenvalue weighted by Crippen LogP contribution is 2.62. The van der Waals surface area contributed by atoms with Gasteiger partial charge in [-0.25, -0.2) is 0 Å². The summed E-state index contributed by atoms with van der Waals surface area (Å²) in [6.07, 6.45) is 6.87. The molecule has 4 unspecified atom stereocenters. The summed E-state index contributed by atoms with van der Waals surface area (Å²) in [5.41, 5.74) is 0.425. The highest BCUT2D eigenvalue weighted by Gasteiger charge is 2.66. The molecule has 0 radical (unpaired) electrons. The molecule has 1 heterocycles. The minimum Gasteiger partial charge on any atom is -0.377 e. The zero-order valence-corrected chi connectivity index (χ0v) is 12.4. The van der Waals surface area contributed by atoms with Crippen LogP contribution in [0.25, 0.3) is 0 Å². The Labute approximate surface area is 116 Å². The Bertz CT molecular complexity index is 364. The summed E-state index contributed by atoms with van der Waals surface area (Å²) in [6, 6.07) is 1.04. The van der Waals surface area contributed by atoms with E-state index >= 15 is 0 Å². The molecule has 1 saturated heterocycles. The fourth-order valence-electron chi connectivity index (χ4n) is 4.11. The van der Waals surface area contributed by atoms with Crippen molar-refractivity contribution in [2.45, 2.75) is 64.1 Å². The molecule has 3 aliphatic rings. The zero-order valence-electron chi connectivity index (χ0n) is 12.4. The first-order chi connectivity index (χ1) is 9.21. The lowest BCUT2D eigenvalue weighted by molar-refractivity contribution is -0.171. The normalized spacial score (nSPS) is 37.2. The fraction of sp³-hybridized carbons (Fsp3) is 0.933. The van der Waals surface area contributed by atoms with Gasteiger partial charge < -0.3 is 15.4 Å². The number of ether oxygens (including phenoxy) is 1. The third-order valence-corrected chi connectivity index (χ3v) is 5.55. The van der Waals surface area contributed by atoms with E-state index in [-0.39, 0.29) is 0 Å². The summed E-state index contributed by atoms with van der Waals surface area (Å²) in [4.78, 5) is 4.39. The number of nitrogens with one attached hydrogen (secondary N) is 2. The lowest BCUT2D eigenvalue weighted by Gasteiger charge is -2.63. The van der Waals surface area contributed by atoms with E-state index in [2.05, 4.69) is 29.5 Å². The number of rotatable bonds is 3. The average Bonchev–Trinajstić information content (AvgIpc) is 2.77. The van der Waals surface area contributed by atoms with Gasteiger partial charge in [0.25, 0.3) is 0 Å². The van der Waals surface area contributed by atoms with E-state index in [9.17, 15) is 0 Å². The average molecular weight is 265 g/mol. The molecule has 2 aliphatic carbocycles. The molecule has 0 amide bonds. The van der Waals surface area contributed by atoms with E-state index < -0.39 is 0 Å². The third-order valence-electron chi connectivity index (χ3n) is 5.55. The van der Waals surface area contributed by atoms with Gasteiger partial charge in [-0.15, -0.1) is 0 Å². The summed E-state index contributed by atoms with van der Waals surface area (Å²) in [6.45, 7) is 5.35. The zero-order chi connectivity index (χ0) is 13.5. The van der Waals surface area contributed by atoms with Gasteiger partial charge in [0.1, 0.15) is 0 Å². The van der Waals surface area contributed by atoms with E-state index in [1.54, 1.807) is 0 Å². The third kappa shape index (κ3) is 1.95. The van der Waals surface area contributed by atoms with Gasteiger partial charge in [-0.05, 0) is 32.6 Å². The maximum absolute atomic E-state index is 5.96. The second-order valence-corrected chi connectivity index (χ2v) is 6.48. The molecule has 4 heteroatoms. The Kier molecular flexibility index (Phi) is 3.46. The van der Waals surface area contributed by atoms with Crippen LogP contribution in [0.15, 0.2) is 4.99 Å². The molecule has 1 aliphatic heterocycles. The van der Waals surface area contributed by atoms with Crippen LogP contribution in [0.4, 0.5) is 0 Å². The Hall–Kier alpha value is -0.770. The van der Waals surface area contributed by atoms with Crippen molar-refractivity contribution in [1.29, 1.82) is 0 Å². The number of guanidine groups is 1. The molecule has 0 aromatic rings. The van der Waals surface area contributed by atoms with Crippen LogP contribution < -0.4 is 10.6 Å². The summed E-state index contributed by atoms with van der Waals surface area (Å²) < 4.78 is 5.96. The van der Waals surface area contributed by atoms with Crippen LogP contribution in [0.5, 0.6) is 0 Å². The van der Waals surface area contributed by atoms with Crippen molar-refractivity contribution in [1.82, 2.24) is 10.6 Å². The summed E-state index contributed by atoms with van der Waals surface area (Å²) in [5.74, 6) is 1.67. The molecule has 108 valence electrons. The van der Waals surface area contributed by atoms with Gasteiger partial charge in [0.15, 0.2) is 5.96 Å². The van der Waals surface area contributed by atoms with Gasteiger partial charge in [-0.3, -0.25) is 4.99 Å². The van der Waals surface area contributed by atoms with Crippen LogP contribution in [-0.2, 0) is 4.74 Å². The van der Waals surface area contributed by atoms with E-state index in [0.717, 1.165) is 19.0 Å². The van der Waals surface area contributed by atoms with Crippen LogP contribution in [0.3, 0.4) is 0 Å². The number of hydrogen-bond donors (Lipinski definition) is 2. The highest BCUT2D eigenvalue weighted by atomic mass is 16.5. The molecular weight excluding hydrogens is 238 g/mol. The Morgan fingerprint density at radius 3 is 2.84 bits per heavy atom. The van der Waals surface area contributed by atoms with E-state index in [1.165, 1.54) is 25.7 Å². The molecule has 2 N–H and O–H groups in total. The van der Waals surface area contributed by atoms with Crippen LogP contribution in [0.1, 0.15) is 46.0 Å². The van der Waals surface area contributed by atoms with E-state index in [4.69, 9.17) is 4.74 Å². The van der Waals surface area contributed by atoms with Gasteiger partial charge in [-0.1, -0.05) is 13.3 Å². The van der Waals surface area contributed by atoms with Gasteiger partial charge in [0, 0.05) is 37.1 Å². The maximum Gasteiger partial charge on any atom is 0.191 e. The lowest BCUT2D eigenvalue weighted by Crippen LogP contribution is -2.72. The highest BCUT2D eigenvalue weighted by molar-refractivity contribution is 5.80. The van der Waals surface area contributed by atoms with Crippen molar-refractivity contribution in [3.63, 3.8) is 0 Å². The first kappa shape index (κ1) is 13.2. The predicted molar refractivity (Wildman–Crippen MR) is 77.3 cm³/mol. The molecule has 19 heavy (non-hydrogen) atoms. The SMILES string of the molecule is CCC(C)NC(=NC)NC1C2CCOC2C12CCC2. The van der Waals surface area contributed by atoms with Crippen molar-refractivity contribution in [2.75, 3.05) is 13.7 Å². The summed E-state index contributed by atoms with van der Waals surface area (Å²) in [7, 11) is 1.87. The van der Waals surface area contributed by atoms with Crippen LogP contribution in [0, 0.1) is 11.3 Å². The van der Waals surface area contributed by atoms with Crippen molar-refractivity contribution in [3.8, 4) is 0 Å². The Balaban J connectivity index is 1.65. The standard InChI is InChI=1S/C15H27N3O/c1-4-10(2)17-14(16-3)18-12-11-6-9-19-13(11)15(12)7-5-8-15/h10-13H,4-9H2,1-3H3,(H2,16,17,18). The predicted octanol–water partition coefficient (Wildman–Crippen LogP) is 1.91. The molecule has 3 rings (SSSR count). The smallest absolute Gasteiger partial charge is 0.191 e. The molecule has 3 fully saturated rings. The molecule has 2 saturated carbocycles. The molecule has 4 atom stereocenters. The topological polar surface area (TPSA) is 45.7 Å². The number of fused-ring (bicyclic) bond motifs is 2. The van der Waals surface area contributed by atoms with Crippen LogP contribution >= 0.6 is 0 Å². The lowest BCUT2D eigenvalue weighted by atomic mass is 9.46. The molecule has 1 spiro atoms. The van der Waals surface area contributed by atoms with Crippen molar-refractivity contribution >= 4 is 5.96 Å². The van der Waals surface area contributed by atoms with Crippen molar-refractivity contribution in [3.05, 3.63) is 0 Å². The van der Waals surface area contributed by atoms with Gasteiger partial charge in [0.2, 0.25) is 0 Å². The van der Waals surface area contributed by atoms with Crippen molar-refractivity contribution < 1.29 is 4.74 Å². The first-order valence-corrected chi connectivity index (χ1v) is 7.82. The summed E-state index contributed by atoms with van der Waals surface area (Å²) in [5, 5.41) is 7.17. The molecule has 4 nitrogen and oxygen atoms in total. The second-order valence-electron chi connectivity index (χ2n) is 6.48. The quantitative estimate of drug-likeness (QED) is 0.605. The fourth-order valence-corrected chi connectivity index (χ4v) is 4.11. The Morgan fingerprint density at radius 2 is 2.26 bits per heavy atom. The largest absolute Gasteiger partial charge is 0.377 e. The van der Waals surface area contributed by atoms with E-state index in [0.29, 0.717) is 29.5 Å². The molecule has 0 aromatic heterocycles. The van der Waals surface area contributed by atoms with Gasteiger partial charge in [-0.2, -0.15) is 0 Å².